The molecule has 92 valence electrons. The van der Waals surface area contributed by atoms with Crippen LogP contribution < -0.4 is 9.47 Å². The monoisotopic (exact) mass is 240 g/mol. The molecule has 0 bridgehead atoms. The molecule has 1 aliphatic heterocycles. The van der Waals surface area contributed by atoms with E-state index in [1.165, 1.54) is 11.1 Å². The molecule has 1 aliphatic rings. The smallest absolute Gasteiger partial charge is 0.122 e. The highest BCUT2D eigenvalue weighted by Crippen LogP contribution is 2.35. The summed E-state index contributed by atoms with van der Waals surface area (Å²) in [6, 6.07) is 16.4. The lowest BCUT2D eigenvalue weighted by Crippen LogP contribution is -2.19. The first-order valence-corrected chi connectivity index (χ1v) is 6.22. The summed E-state index contributed by atoms with van der Waals surface area (Å²) >= 11 is 0. The lowest BCUT2D eigenvalue weighted by atomic mass is 9.90. The first-order valence-electron chi connectivity index (χ1n) is 6.22. The number of rotatable bonds is 2. The van der Waals surface area contributed by atoms with Gasteiger partial charge < -0.3 is 9.47 Å². The molecule has 0 radical (unpaired) electrons. The van der Waals surface area contributed by atoms with Crippen LogP contribution in [0.4, 0.5) is 0 Å². The number of hydrogen-bond acceptors (Lipinski definition) is 2. The van der Waals surface area contributed by atoms with Crippen molar-refractivity contribution < 1.29 is 9.47 Å². The van der Waals surface area contributed by atoms with Gasteiger partial charge in [0.25, 0.3) is 0 Å². The molecule has 0 spiro atoms. The van der Waals surface area contributed by atoms with Crippen LogP contribution in [0.5, 0.6) is 11.5 Å². The Kier molecular flexibility index (Phi) is 2.93. The second kappa shape index (κ2) is 4.73. The first-order chi connectivity index (χ1) is 8.88. The third-order valence-corrected chi connectivity index (χ3v) is 3.46. The van der Waals surface area contributed by atoms with Crippen molar-refractivity contribution >= 4 is 0 Å². The molecule has 0 aromatic heterocycles. The van der Waals surface area contributed by atoms with E-state index in [1.54, 1.807) is 7.11 Å². The fourth-order valence-corrected chi connectivity index (χ4v) is 2.53. The maximum absolute atomic E-state index is 5.83. The minimum absolute atomic E-state index is 0.371. The zero-order chi connectivity index (χ0) is 12.4. The highest BCUT2D eigenvalue weighted by Gasteiger charge is 2.23. The minimum Gasteiger partial charge on any atom is -0.496 e. The second-order valence-electron chi connectivity index (χ2n) is 4.56. The molecule has 2 heteroatoms. The Bertz CT molecular complexity index is 548. The Morgan fingerprint density at radius 2 is 1.83 bits per heavy atom. The van der Waals surface area contributed by atoms with E-state index in [1.807, 2.05) is 24.3 Å². The lowest BCUT2D eigenvalue weighted by molar-refractivity contribution is 0.259. The summed E-state index contributed by atoms with van der Waals surface area (Å²) in [5.41, 5.74) is 2.51. The molecule has 2 nitrogen and oxygen atoms in total. The van der Waals surface area contributed by atoms with E-state index >= 15 is 0 Å². The molecule has 0 aliphatic carbocycles. The summed E-state index contributed by atoms with van der Waals surface area (Å²) in [5.74, 6) is 2.34. The Morgan fingerprint density at radius 3 is 2.72 bits per heavy atom. The molecule has 0 fully saturated rings. The van der Waals surface area contributed by atoms with Crippen LogP contribution in [0.15, 0.2) is 48.5 Å². The van der Waals surface area contributed by atoms with Gasteiger partial charge in [-0.15, -0.1) is 0 Å². The summed E-state index contributed by atoms with van der Waals surface area (Å²) in [4.78, 5) is 0. The van der Waals surface area contributed by atoms with Crippen molar-refractivity contribution in [1.82, 2.24) is 0 Å². The highest BCUT2D eigenvalue weighted by atomic mass is 16.5. The maximum atomic E-state index is 5.83. The van der Waals surface area contributed by atoms with Gasteiger partial charge in [0, 0.05) is 11.5 Å². The molecule has 18 heavy (non-hydrogen) atoms. The maximum Gasteiger partial charge on any atom is 0.122 e. The largest absolute Gasteiger partial charge is 0.496 e. The molecule has 0 N–H and O–H groups in total. The third-order valence-electron chi connectivity index (χ3n) is 3.46. The Morgan fingerprint density at radius 1 is 1.06 bits per heavy atom. The van der Waals surface area contributed by atoms with Crippen LogP contribution in [0, 0.1) is 0 Å². The molecule has 0 saturated heterocycles. The number of para-hydroxylation sites is 2. The molecule has 3 rings (SSSR count). The number of methoxy groups -OCH3 is 1. The predicted molar refractivity (Wildman–Crippen MR) is 71.4 cm³/mol. The van der Waals surface area contributed by atoms with Crippen LogP contribution in [0.1, 0.15) is 17.0 Å². The van der Waals surface area contributed by atoms with Gasteiger partial charge in [-0.1, -0.05) is 36.4 Å². The normalized spacial score (nSPS) is 17.7. The Hall–Kier alpha value is -1.96. The van der Waals surface area contributed by atoms with Crippen LogP contribution >= 0.6 is 0 Å². The Balaban J connectivity index is 1.92. The van der Waals surface area contributed by atoms with E-state index in [-0.39, 0.29) is 0 Å². The second-order valence-corrected chi connectivity index (χ2v) is 4.56. The van der Waals surface area contributed by atoms with E-state index in [2.05, 4.69) is 24.3 Å². The van der Waals surface area contributed by atoms with Gasteiger partial charge in [0.2, 0.25) is 0 Å². The number of fused-ring (bicyclic) bond motifs is 1. The zero-order valence-corrected chi connectivity index (χ0v) is 10.4. The van der Waals surface area contributed by atoms with E-state index in [4.69, 9.17) is 9.47 Å². The van der Waals surface area contributed by atoms with Gasteiger partial charge in [-0.3, -0.25) is 0 Å². The van der Waals surface area contributed by atoms with Crippen LogP contribution in [0.25, 0.3) is 0 Å². The van der Waals surface area contributed by atoms with Crippen LogP contribution in [-0.4, -0.2) is 13.7 Å². The minimum atomic E-state index is 0.371. The van der Waals surface area contributed by atoms with Gasteiger partial charge in [0.05, 0.1) is 13.7 Å². The number of ether oxygens (including phenoxy) is 2. The van der Waals surface area contributed by atoms with E-state index in [0.717, 1.165) is 24.5 Å². The van der Waals surface area contributed by atoms with Crippen molar-refractivity contribution in [1.29, 1.82) is 0 Å². The van der Waals surface area contributed by atoms with Crippen molar-refractivity contribution in [2.45, 2.75) is 12.3 Å². The van der Waals surface area contributed by atoms with Crippen molar-refractivity contribution in [3.63, 3.8) is 0 Å². The first kappa shape index (κ1) is 11.1. The SMILES string of the molecule is COc1ccccc1[C@H]1COc2ccccc2C1. The quantitative estimate of drug-likeness (QED) is 0.800. The topological polar surface area (TPSA) is 18.5 Å². The van der Waals surface area contributed by atoms with Gasteiger partial charge in [-0.2, -0.15) is 0 Å². The van der Waals surface area contributed by atoms with E-state index in [0.29, 0.717) is 5.92 Å². The van der Waals surface area contributed by atoms with Gasteiger partial charge >= 0.3 is 0 Å². The van der Waals surface area contributed by atoms with Crippen molar-refractivity contribution in [2.24, 2.45) is 0 Å². The molecular weight excluding hydrogens is 224 g/mol. The van der Waals surface area contributed by atoms with Crippen LogP contribution in [0.3, 0.4) is 0 Å². The Labute approximate surface area is 107 Å². The molecular formula is C16H16O2. The summed E-state index contributed by atoms with van der Waals surface area (Å²) in [7, 11) is 1.72. The fourth-order valence-electron chi connectivity index (χ4n) is 2.53. The summed E-state index contributed by atoms with van der Waals surface area (Å²) in [6.07, 6.45) is 1.01. The predicted octanol–water partition coefficient (Wildman–Crippen LogP) is 3.41. The average molecular weight is 240 g/mol. The third kappa shape index (κ3) is 1.94. The number of hydrogen-bond donors (Lipinski definition) is 0. The molecule has 0 amide bonds. The molecule has 2 aromatic carbocycles. The van der Waals surface area contributed by atoms with Crippen molar-refractivity contribution in [3.05, 3.63) is 59.7 Å². The number of benzene rings is 2. The molecule has 1 heterocycles. The van der Waals surface area contributed by atoms with Crippen molar-refractivity contribution in [3.8, 4) is 11.5 Å². The standard InChI is InChI=1S/C16H16O2/c1-17-16-9-5-3-7-14(16)13-10-12-6-2-4-8-15(12)18-11-13/h2-9,13H,10-11H2,1H3/t13-/m1/s1. The van der Waals surface area contributed by atoms with E-state index in [9.17, 15) is 0 Å². The van der Waals surface area contributed by atoms with Gasteiger partial charge in [0.15, 0.2) is 0 Å². The van der Waals surface area contributed by atoms with Gasteiger partial charge in [0.1, 0.15) is 11.5 Å². The van der Waals surface area contributed by atoms with Crippen LogP contribution in [-0.2, 0) is 6.42 Å². The lowest BCUT2D eigenvalue weighted by Gasteiger charge is -2.26. The van der Waals surface area contributed by atoms with E-state index < -0.39 is 0 Å². The average Bonchev–Trinajstić information content (AvgIpc) is 2.46. The summed E-state index contributed by atoms with van der Waals surface area (Å²) in [5, 5.41) is 0. The van der Waals surface area contributed by atoms with Crippen LogP contribution in [0.2, 0.25) is 0 Å². The van der Waals surface area contributed by atoms with Gasteiger partial charge in [-0.25, -0.2) is 0 Å². The molecule has 0 saturated carbocycles. The van der Waals surface area contributed by atoms with Crippen molar-refractivity contribution in [2.75, 3.05) is 13.7 Å². The fraction of sp³-hybridized carbons (Fsp3) is 0.250. The summed E-state index contributed by atoms with van der Waals surface area (Å²) in [6.45, 7) is 0.720. The highest BCUT2D eigenvalue weighted by molar-refractivity contribution is 5.42. The molecule has 0 unspecified atom stereocenters. The summed E-state index contributed by atoms with van der Waals surface area (Å²) < 4.78 is 11.3. The van der Waals surface area contributed by atoms with Gasteiger partial charge in [-0.05, 0) is 24.1 Å². The molecule has 2 aromatic rings. The molecule has 1 atom stereocenters. The zero-order valence-electron chi connectivity index (χ0n) is 10.4.